The van der Waals surface area contributed by atoms with Crippen LogP contribution in [0.15, 0.2) is 12.5 Å². The van der Waals surface area contributed by atoms with Gasteiger partial charge < -0.3 is 10.6 Å². The number of nitrogens with zero attached hydrogens (tertiary/aromatic N) is 3. The van der Waals surface area contributed by atoms with E-state index in [2.05, 4.69) is 28.7 Å². The minimum atomic E-state index is 0.441. The summed E-state index contributed by atoms with van der Waals surface area (Å²) in [7, 11) is 0. The predicted octanol–water partition coefficient (Wildman–Crippen LogP) is 2.08. The van der Waals surface area contributed by atoms with Gasteiger partial charge in [0.15, 0.2) is 5.82 Å². The highest BCUT2D eigenvalue weighted by molar-refractivity contribution is 5.60. The van der Waals surface area contributed by atoms with Crippen LogP contribution in [0.5, 0.6) is 0 Å². The topological polar surface area (TPSA) is 55.0 Å². The Morgan fingerprint density at radius 1 is 1.31 bits per heavy atom. The van der Waals surface area contributed by atoms with Crippen LogP contribution < -0.4 is 10.6 Å². The molecule has 2 heterocycles. The van der Waals surface area contributed by atoms with Crippen LogP contribution in [0.25, 0.3) is 0 Å². The van der Waals surface area contributed by atoms with Crippen molar-refractivity contribution >= 4 is 11.5 Å². The number of hydrogen-bond donors (Lipinski definition) is 1. The molecule has 1 fully saturated rings. The first kappa shape index (κ1) is 11.2. The highest BCUT2D eigenvalue weighted by Gasteiger charge is 2.24. The molecule has 1 saturated heterocycles. The maximum absolute atomic E-state index is 5.90. The molecule has 1 aliphatic heterocycles. The van der Waals surface area contributed by atoms with Crippen LogP contribution in [-0.2, 0) is 0 Å². The summed E-state index contributed by atoms with van der Waals surface area (Å²) in [5, 5.41) is 0. The highest BCUT2D eigenvalue weighted by atomic mass is 15.2. The van der Waals surface area contributed by atoms with Crippen LogP contribution in [0, 0.1) is 5.41 Å². The van der Waals surface area contributed by atoms with Gasteiger partial charge in [0.1, 0.15) is 6.33 Å². The number of anilines is 2. The third-order valence-corrected chi connectivity index (χ3v) is 3.36. The monoisotopic (exact) mass is 220 g/mol. The normalized spacial score (nSPS) is 20.5. The summed E-state index contributed by atoms with van der Waals surface area (Å²) < 4.78 is 0. The van der Waals surface area contributed by atoms with Crippen LogP contribution in [-0.4, -0.2) is 23.1 Å². The molecule has 16 heavy (non-hydrogen) atoms. The minimum absolute atomic E-state index is 0.441. The van der Waals surface area contributed by atoms with E-state index in [0.29, 0.717) is 11.1 Å². The van der Waals surface area contributed by atoms with Crippen molar-refractivity contribution in [3.05, 3.63) is 12.5 Å². The van der Waals surface area contributed by atoms with Gasteiger partial charge in [0, 0.05) is 13.1 Å². The molecule has 88 valence electrons. The Morgan fingerprint density at radius 3 is 2.88 bits per heavy atom. The zero-order valence-electron chi connectivity index (χ0n) is 10.1. The van der Waals surface area contributed by atoms with Crippen molar-refractivity contribution < 1.29 is 0 Å². The molecule has 0 amide bonds. The molecule has 4 nitrogen and oxygen atoms in total. The molecule has 2 N–H and O–H groups in total. The summed E-state index contributed by atoms with van der Waals surface area (Å²) in [6, 6.07) is 0. The third-order valence-electron chi connectivity index (χ3n) is 3.36. The number of nitrogens with two attached hydrogens (primary N) is 1. The Morgan fingerprint density at radius 2 is 2.12 bits per heavy atom. The molecule has 0 aliphatic carbocycles. The maximum atomic E-state index is 5.90. The van der Waals surface area contributed by atoms with Gasteiger partial charge in [0.2, 0.25) is 0 Å². The minimum Gasteiger partial charge on any atom is -0.394 e. The van der Waals surface area contributed by atoms with Crippen molar-refractivity contribution in [2.75, 3.05) is 23.7 Å². The smallest absolute Gasteiger partial charge is 0.155 e. The van der Waals surface area contributed by atoms with E-state index < -0.39 is 0 Å². The average Bonchev–Trinajstić information content (AvgIpc) is 2.40. The van der Waals surface area contributed by atoms with Crippen molar-refractivity contribution in [1.29, 1.82) is 0 Å². The second-order valence-corrected chi connectivity index (χ2v) is 5.31. The quantitative estimate of drug-likeness (QED) is 0.787. The van der Waals surface area contributed by atoms with Crippen molar-refractivity contribution in [1.82, 2.24) is 9.97 Å². The van der Waals surface area contributed by atoms with E-state index in [1.807, 2.05) is 0 Å². The van der Waals surface area contributed by atoms with Crippen LogP contribution in [0.3, 0.4) is 0 Å². The number of nitrogen functional groups attached to an aromatic ring is 1. The van der Waals surface area contributed by atoms with Crippen molar-refractivity contribution in [3.8, 4) is 0 Å². The summed E-state index contributed by atoms with van der Waals surface area (Å²) in [6.07, 6.45) is 6.92. The lowest BCUT2D eigenvalue weighted by Crippen LogP contribution is -2.26. The summed E-state index contributed by atoms with van der Waals surface area (Å²) in [6.45, 7) is 6.75. The molecule has 4 heteroatoms. The van der Waals surface area contributed by atoms with Crippen LogP contribution in [0.4, 0.5) is 11.5 Å². The standard InChI is InChI=1S/C12H20N4/c1-12(2)4-3-6-16(7-5-12)11-10(13)8-14-9-15-11/h8-9H,3-7,13H2,1-2H3. The van der Waals surface area contributed by atoms with Gasteiger partial charge in [0.05, 0.1) is 11.9 Å². The molecular formula is C12H20N4. The number of aromatic nitrogens is 2. The van der Waals surface area contributed by atoms with E-state index in [1.54, 1.807) is 12.5 Å². The second kappa shape index (κ2) is 4.28. The first-order valence-electron chi connectivity index (χ1n) is 5.89. The fraction of sp³-hybridized carbons (Fsp3) is 0.667. The van der Waals surface area contributed by atoms with Gasteiger partial charge in [-0.05, 0) is 24.7 Å². The molecule has 0 bridgehead atoms. The van der Waals surface area contributed by atoms with Crippen LogP contribution in [0.2, 0.25) is 0 Å². The van der Waals surface area contributed by atoms with Crippen molar-refractivity contribution in [3.63, 3.8) is 0 Å². The van der Waals surface area contributed by atoms with Gasteiger partial charge in [-0.1, -0.05) is 13.8 Å². The van der Waals surface area contributed by atoms with Crippen molar-refractivity contribution in [2.45, 2.75) is 33.1 Å². The molecule has 0 spiro atoms. The molecule has 0 unspecified atom stereocenters. The highest BCUT2D eigenvalue weighted by Crippen LogP contribution is 2.32. The lowest BCUT2D eigenvalue weighted by molar-refractivity contribution is 0.325. The van der Waals surface area contributed by atoms with E-state index in [4.69, 9.17) is 5.73 Å². The zero-order valence-corrected chi connectivity index (χ0v) is 10.1. The molecule has 1 aromatic heterocycles. The van der Waals surface area contributed by atoms with E-state index >= 15 is 0 Å². The Hall–Kier alpha value is -1.32. The summed E-state index contributed by atoms with van der Waals surface area (Å²) in [5.41, 5.74) is 7.03. The average molecular weight is 220 g/mol. The summed E-state index contributed by atoms with van der Waals surface area (Å²) in [5.74, 6) is 0.896. The Balaban J connectivity index is 2.14. The molecule has 2 rings (SSSR count). The zero-order chi connectivity index (χ0) is 11.6. The molecule has 1 aliphatic rings. The van der Waals surface area contributed by atoms with Crippen LogP contribution in [0.1, 0.15) is 33.1 Å². The SMILES string of the molecule is CC1(C)CCCN(c2ncncc2N)CC1. The predicted molar refractivity (Wildman–Crippen MR) is 66.3 cm³/mol. The third kappa shape index (κ3) is 2.43. The van der Waals surface area contributed by atoms with E-state index in [0.717, 1.165) is 18.9 Å². The van der Waals surface area contributed by atoms with Gasteiger partial charge in [0.25, 0.3) is 0 Å². The van der Waals surface area contributed by atoms with E-state index in [1.165, 1.54) is 19.3 Å². The lowest BCUT2D eigenvalue weighted by Gasteiger charge is -2.24. The molecule has 0 saturated carbocycles. The van der Waals surface area contributed by atoms with Gasteiger partial charge in [-0.3, -0.25) is 0 Å². The fourth-order valence-corrected chi connectivity index (χ4v) is 2.23. The Bertz CT molecular complexity index is 362. The van der Waals surface area contributed by atoms with Crippen molar-refractivity contribution in [2.24, 2.45) is 5.41 Å². The Kier molecular flexibility index (Phi) is 2.99. The lowest BCUT2D eigenvalue weighted by atomic mass is 9.85. The van der Waals surface area contributed by atoms with Gasteiger partial charge in [-0.2, -0.15) is 0 Å². The summed E-state index contributed by atoms with van der Waals surface area (Å²) >= 11 is 0. The van der Waals surface area contributed by atoms with Gasteiger partial charge >= 0.3 is 0 Å². The van der Waals surface area contributed by atoms with E-state index in [-0.39, 0.29) is 0 Å². The molecule has 0 atom stereocenters. The second-order valence-electron chi connectivity index (χ2n) is 5.31. The molecule has 1 aromatic rings. The molecule has 0 aromatic carbocycles. The maximum Gasteiger partial charge on any atom is 0.155 e. The summed E-state index contributed by atoms with van der Waals surface area (Å²) in [4.78, 5) is 10.5. The fourth-order valence-electron chi connectivity index (χ4n) is 2.23. The van der Waals surface area contributed by atoms with Crippen LogP contribution >= 0.6 is 0 Å². The van der Waals surface area contributed by atoms with E-state index in [9.17, 15) is 0 Å². The van der Waals surface area contributed by atoms with Gasteiger partial charge in [-0.25, -0.2) is 9.97 Å². The molecular weight excluding hydrogens is 200 g/mol. The number of hydrogen-bond acceptors (Lipinski definition) is 4. The molecule has 0 radical (unpaired) electrons. The first-order chi connectivity index (χ1) is 7.58. The Labute approximate surface area is 96.9 Å². The largest absolute Gasteiger partial charge is 0.394 e. The first-order valence-corrected chi connectivity index (χ1v) is 5.89. The van der Waals surface area contributed by atoms with Gasteiger partial charge in [-0.15, -0.1) is 0 Å². The number of rotatable bonds is 1.